The van der Waals surface area contributed by atoms with Gasteiger partial charge in [-0.15, -0.1) is 0 Å². The van der Waals surface area contributed by atoms with E-state index in [2.05, 4.69) is 27.9 Å². The van der Waals surface area contributed by atoms with E-state index < -0.39 is 18.2 Å². The average molecular weight is 671 g/mol. The van der Waals surface area contributed by atoms with E-state index in [9.17, 15) is 24.9 Å². The van der Waals surface area contributed by atoms with Gasteiger partial charge in [-0.25, -0.2) is 0 Å². The number of nitrogens with zero attached hydrogens (tertiary/aromatic N) is 1. The molecule has 3 aliphatic rings. The number of hydrogen-bond donors (Lipinski definition) is 4. The van der Waals surface area contributed by atoms with Gasteiger partial charge in [0.25, 0.3) is 0 Å². The molecule has 0 saturated heterocycles. The molecule has 222 valence electrons. The lowest BCUT2D eigenvalue weighted by molar-refractivity contribution is -0.144. The molecule has 3 atom stereocenters. The molecule has 10 heteroatoms. The van der Waals surface area contributed by atoms with Gasteiger partial charge < -0.3 is 35.0 Å². The highest BCUT2D eigenvalue weighted by Gasteiger charge is 2.43. The van der Waals surface area contributed by atoms with E-state index in [0.717, 1.165) is 51.4 Å². The van der Waals surface area contributed by atoms with Crippen LogP contribution in [0.3, 0.4) is 0 Å². The Balaban J connectivity index is 1.68. The summed E-state index contributed by atoms with van der Waals surface area (Å²) in [5.74, 6) is 0.851. The van der Waals surface area contributed by atoms with Crippen molar-refractivity contribution in [2.75, 3.05) is 26.8 Å². The Kier molecular flexibility index (Phi) is 11.5. The number of carbonyl (C=O) groups excluding carboxylic acids is 2. The smallest absolute Gasteiger partial charge is 0.247 e. The second-order valence-corrected chi connectivity index (χ2v) is 12.4. The number of methoxy groups -OCH3 is 1. The molecule has 2 amide bonds. The van der Waals surface area contributed by atoms with Crippen LogP contribution < -0.4 is 14.8 Å². The maximum atomic E-state index is 14.0. The number of aliphatic hydroxyl groups excluding tert-OH is 3. The van der Waals surface area contributed by atoms with Crippen LogP contribution in [0.1, 0.15) is 69.8 Å². The van der Waals surface area contributed by atoms with Crippen molar-refractivity contribution < 1.29 is 34.4 Å². The van der Waals surface area contributed by atoms with E-state index in [1.165, 1.54) is 13.5 Å². The molecule has 4 N–H and O–H groups in total. The van der Waals surface area contributed by atoms with Gasteiger partial charge in [0.1, 0.15) is 12.2 Å². The van der Waals surface area contributed by atoms with E-state index in [-0.39, 0.29) is 43.9 Å². The molecule has 2 fully saturated rings. The van der Waals surface area contributed by atoms with Crippen LogP contribution in [-0.4, -0.2) is 77.1 Å². The largest absolute Gasteiger partial charge is 0.493 e. The zero-order chi connectivity index (χ0) is 28.6. The predicted octanol–water partition coefficient (Wildman–Crippen LogP) is 3.31. The molecule has 0 radical (unpaired) electrons. The third-order valence-corrected chi connectivity index (χ3v) is 9.31. The summed E-state index contributed by atoms with van der Waals surface area (Å²) in [6.45, 7) is 0.332. The van der Waals surface area contributed by atoms with E-state index >= 15 is 0 Å². The number of hydrogen-bond acceptors (Lipinski definition) is 7. The molecule has 9 nitrogen and oxygen atoms in total. The molecule has 0 heterocycles. The molecule has 0 bridgehead atoms. The van der Waals surface area contributed by atoms with Gasteiger partial charge in [-0.3, -0.25) is 9.59 Å². The van der Waals surface area contributed by atoms with Crippen LogP contribution in [0.4, 0.5) is 0 Å². The van der Waals surface area contributed by atoms with Gasteiger partial charge in [-0.05, 0) is 78.0 Å². The Morgan fingerprint density at radius 3 is 2.42 bits per heavy atom. The monoisotopic (exact) mass is 670 g/mol. The summed E-state index contributed by atoms with van der Waals surface area (Å²) in [6.07, 6.45) is 9.25. The first-order valence-corrected chi connectivity index (χ1v) is 15.7. The minimum absolute atomic E-state index is 0.0557. The molecule has 4 rings (SSSR count). The van der Waals surface area contributed by atoms with Crippen LogP contribution in [-0.2, 0) is 16.2 Å². The maximum absolute atomic E-state index is 14.0. The van der Waals surface area contributed by atoms with Crippen LogP contribution in [0, 0.1) is 15.4 Å². The molecule has 1 aromatic carbocycles. The highest BCUT2D eigenvalue weighted by Crippen LogP contribution is 2.38. The highest BCUT2D eigenvalue weighted by atomic mass is 127. The quantitative estimate of drug-likeness (QED) is 0.266. The van der Waals surface area contributed by atoms with Crippen molar-refractivity contribution in [3.8, 4) is 11.5 Å². The molecule has 0 unspecified atom stereocenters. The Hall–Kier alpha value is -1.89. The number of rotatable bonds is 11. The SMILES string of the molecule is COc1cc(CO)cc(I)c1O[C@H]1C=C(C(=O)NCCO)C[C@@H](N(CC2CCCCC2)C(=O)C2CCCC2)[C@@H]1O. The lowest BCUT2D eigenvalue weighted by Gasteiger charge is -2.43. The second-order valence-electron chi connectivity index (χ2n) is 11.3. The molecule has 1 aromatic rings. The van der Waals surface area contributed by atoms with Gasteiger partial charge in [0.15, 0.2) is 11.5 Å². The molecular weight excluding hydrogens is 627 g/mol. The van der Waals surface area contributed by atoms with Crippen molar-refractivity contribution in [2.45, 2.75) is 89.1 Å². The fourth-order valence-corrected chi connectivity index (χ4v) is 7.13. The zero-order valence-corrected chi connectivity index (χ0v) is 25.5. The lowest BCUT2D eigenvalue weighted by atomic mass is 9.84. The van der Waals surface area contributed by atoms with E-state index in [4.69, 9.17) is 9.47 Å². The standard InChI is InChI=1S/C30H43IN2O7/c1-39-26-14-20(18-35)13-23(31)28(26)40-25-16-22(29(37)32-11-12-34)15-24(27(25)36)33(17-19-7-3-2-4-8-19)30(38)21-9-5-6-10-21/h13-14,16,19,21,24-25,27,34-36H,2-12,15,17-18H2,1H3,(H,32,37)/t24-,25+,27+/m1/s1. The first-order valence-electron chi connectivity index (χ1n) is 14.6. The number of halogens is 1. The summed E-state index contributed by atoms with van der Waals surface area (Å²) < 4.78 is 12.6. The fraction of sp³-hybridized carbons (Fsp3) is 0.667. The van der Waals surface area contributed by atoms with Gasteiger partial charge in [-0.2, -0.15) is 0 Å². The van der Waals surface area contributed by atoms with Crippen LogP contribution in [0.15, 0.2) is 23.8 Å². The van der Waals surface area contributed by atoms with Gasteiger partial charge in [0, 0.05) is 31.0 Å². The third kappa shape index (κ3) is 7.49. The van der Waals surface area contributed by atoms with Gasteiger partial charge >= 0.3 is 0 Å². The number of carbonyl (C=O) groups is 2. The van der Waals surface area contributed by atoms with Crippen LogP contribution in [0.25, 0.3) is 0 Å². The maximum Gasteiger partial charge on any atom is 0.247 e. The van der Waals surface area contributed by atoms with E-state index in [1.54, 1.807) is 18.2 Å². The summed E-state index contributed by atoms with van der Waals surface area (Å²) in [7, 11) is 1.51. The molecule has 40 heavy (non-hydrogen) atoms. The van der Waals surface area contributed by atoms with Crippen LogP contribution in [0.5, 0.6) is 11.5 Å². The molecule has 0 aliphatic heterocycles. The number of benzene rings is 1. The van der Waals surface area contributed by atoms with Crippen molar-refractivity contribution in [1.82, 2.24) is 10.2 Å². The Bertz CT molecular complexity index is 1050. The summed E-state index contributed by atoms with van der Waals surface area (Å²) >= 11 is 2.10. The van der Waals surface area contributed by atoms with Gasteiger partial charge in [0.2, 0.25) is 11.8 Å². The minimum Gasteiger partial charge on any atom is -0.493 e. The fourth-order valence-electron chi connectivity index (χ4n) is 6.34. The molecule has 0 spiro atoms. The summed E-state index contributed by atoms with van der Waals surface area (Å²) in [4.78, 5) is 29.0. The third-order valence-electron chi connectivity index (χ3n) is 8.51. The Morgan fingerprint density at radius 1 is 1.07 bits per heavy atom. The van der Waals surface area contributed by atoms with Crippen molar-refractivity contribution in [3.63, 3.8) is 0 Å². The van der Waals surface area contributed by atoms with Crippen LogP contribution >= 0.6 is 22.6 Å². The van der Waals surface area contributed by atoms with Gasteiger partial charge in [-0.1, -0.05) is 32.1 Å². The summed E-state index contributed by atoms with van der Waals surface area (Å²) in [6, 6.07) is 2.84. The van der Waals surface area contributed by atoms with E-state index in [0.29, 0.717) is 38.7 Å². The first-order chi connectivity index (χ1) is 19.4. The summed E-state index contributed by atoms with van der Waals surface area (Å²) in [5, 5.41) is 33.4. The number of aliphatic hydroxyl groups is 3. The molecule has 0 aromatic heterocycles. The van der Waals surface area contributed by atoms with Gasteiger partial charge in [0.05, 0.1) is 29.9 Å². The number of nitrogens with one attached hydrogen (secondary N) is 1. The molecule has 2 saturated carbocycles. The van der Waals surface area contributed by atoms with Crippen molar-refractivity contribution >= 4 is 34.4 Å². The van der Waals surface area contributed by atoms with Crippen molar-refractivity contribution in [2.24, 2.45) is 11.8 Å². The molecular formula is C30H43IN2O7. The van der Waals surface area contributed by atoms with E-state index in [1.807, 2.05) is 4.90 Å². The topological polar surface area (TPSA) is 129 Å². The molecule has 3 aliphatic carbocycles. The average Bonchev–Trinajstić information content (AvgIpc) is 3.52. The van der Waals surface area contributed by atoms with Crippen molar-refractivity contribution in [1.29, 1.82) is 0 Å². The highest BCUT2D eigenvalue weighted by molar-refractivity contribution is 14.1. The minimum atomic E-state index is -1.07. The lowest BCUT2D eigenvalue weighted by Crippen LogP contribution is -2.57. The second kappa shape index (κ2) is 14.8. The zero-order valence-electron chi connectivity index (χ0n) is 23.3. The summed E-state index contributed by atoms with van der Waals surface area (Å²) in [5.41, 5.74) is 1.08. The normalized spacial score (nSPS) is 23.9. The Morgan fingerprint density at radius 2 is 1.77 bits per heavy atom. The number of ether oxygens (including phenoxy) is 2. The Labute approximate surface area is 250 Å². The van der Waals surface area contributed by atoms with Crippen LogP contribution in [0.2, 0.25) is 0 Å². The predicted molar refractivity (Wildman–Crippen MR) is 159 cm³/mol. The van der Waals surface area contributed by atoms with Crippen molar-refractivity contribution in [3.05, 3.63) is 32.9 Å². The number of amides is 2. The first kappa shape index (κ1) is 31.1.